The van der Waals surface area contributed by atoms with Crippen molar-refractivity contribution in [1.82, 2.24) is 30.8 Å². The number of aromatic nitrogens is 6. The molecule has 0 fully saturated rings. The van der Waals surface area contributed by atoms with Gasteiger partial charge in [-0.15, -0.1) is 10.2 Å². The number of aromatic amines is 2. The van der Waals surface area contributed by atoms with Crippen LogP contribution in [0.3, 0.4) is 0 Å². The number of nitrogens with zero attached hydrogens (tertiary/aromatic N) is 4. The Morgan fingerprint density at radius 2 is 1.93 bits per heavy atom. The van der Waals surface area contributed by atoms with E-state index in [2.05, 4.69) is 30.8 Å². The average Bonchev–Trinajstić information content (AvgIpc) is 2.75. The third kappa shape index (κ3) is 2.89. The number of carboxylic acids is 1. The molecule has 0 aliphatic heterocycles. The van der Waals surface area contributed by atoms with Crippen molar-refractivity contribution < 1.29 is 9.90 Å². The highest BCUT2D eigenvalue weighted by molar-refractivity contribution is 5.84. The Labute approximate surface area is 77.3 Å². The minimum absolute atomic E-state index is 0.0648. The van der Waals surface area contributed by atoms with E-state index in [-0.39, 0.29) is 5.69 Å². The molecule has 0 unspecified atom stereocenters. The molecule has 0 aliphatic carbocycles. The molecule has 0 atom stereocenters. The van der Waals surface area contributed by atoms with Crippen LogP contribution in [0, 0.1) is 0 Å². The minimum Gasteiger partial charge on any atom is -0.476 e. The van der Waals surface area contributed by atoms with E-state index >= 15 is 0 Å². The summed E-state index contributed by atoms with van der Waals surface area (Å²) in [5.74, 6) is -0.645. The van der Waals surface area contributed by atoms with Gasteiger partial charge in [0, 0.05) is 0 Å². The summed E-state index contributed by atoms with van der Waals surface area (Å²) < 4.78 is 0. The quantitative estimate of drug-likeness (QED) is 0.453. The molecule has 9 heteroatoms. The summed E-state index contributed by atoms with van der Waals surface area (Å²) in [5.41, 5.74) is 5.01. The van der Waals surface area contributed by atoms with Crippen LogP contribution in [0.1, 0.15) is 10.5 Å². The maximum atomic E-state index is 9.94. The average molecular weight is 197 g/mol. The molecule has 5 N–H and O–H groups in total. The zero-order valence-corrected chi connectivity index (χ0v) is 6.88. The van der Waals surface area contributed by atoms with E-state index in [0.717, 1.165) is 6.20 Å². The summed E-state index contributed by atoms with van der Waals surface area (Å²) in [7, 11) is 0. The normalized spacial score (nSPS) is 8.86. The third-order valence-electron chi connectivity index (χ3n) is 1.07. The fourth-order valence-electron chi connectivity index (χ4n) is 0.515. The van der Waals surface area contributed by atoms with E-state index in [1.807, 2.05) is 0 Å². The Bertz CT molecular complexity index is 367. The van der Waals surface area contributed by atoms with Gasteiger partial charge >= 0.3 is 5.97 Å². The van der Waals surface area contributed by atoms with Gasteiger partial charge in [0.15, 0.2) is 11.5 Å². The molecule has 2 aromatic rings. The molecule has 74 valence electrons. The summed E-state index contributed by atoms with van der Waals surface area (Å²) in [6.07, 6.45) is 2.59. The van der Waals surface area contributed by atoms with Crippen molar-refractivity contribution in [3.8, 4) is 0 Å². The second kappa shape index (κ2) is 4.54. The molecule has 2 aromatic heterocycles. The molecule has 0 saturated heterocycles. The number of anilines is 1. The molecule has 2 heterocycles. The maximum absolute atomic E-state index is 9.94. The summed E-state index contributed by atoms with van der Waals surface area (Å²) in [5, 5.41) is 26.1. The van der Waals surface area contributed by atoms with Gasteiger partial charge in [-0.3, -0.25) is 0 Å². The standard InChI is InChI=1S/C3H3N3O2.C2H4N4/c7-3(8)2-1-4-6-5-2;3-2-1-4-6-5-2/h1H,(H,7,8)(H,4,5,6);1H,(H3,3,4,5,6). The number of carboxylic acid groups (broad SMARTS) is 1. The van der Waals surface area contributed by atoms with Crippen molar-refractivity contribution >= 4 is 11.8 Å². The topological polar surface area (TPSA) is 146 Å². The minimum atomic E-state index is -1.07. The molecule has 0 aromatic carbocycles. The number of H-pyrrole nitrogens is 2. The number of rotatable bonds is 1. The first-order valence-electron chi connectivity index (χ1n) is 3.40. The largest absolute Gasteiger partial charge is 0.476 e. The van der Waals surface area contributed by atoms with Crippen LogP contribution >= 0.6 is 0 Å². The van der Waals surface area contributed by atoms with Gasteiger partial charge in [0.05, 0.1) is 12.4 Å². The second-order valence-electron chi connectivity index (χ2n) is 2.06. The van der Waals surface area contributed by atoms with Gasteiger partial charge in [0.2, 0.25) is 0 Å². The van der Waals surface area contributed by atoms with Crippen molar-refractivity contribution in [3.63, 3.8) is 0 Å². The van der Waals surface area contributed by atoms with Crippen LogP contribution in [0.2, 0.25) is 0 Å². The monoisotopic (exact) mass is 197 g/mol. The molecule has 14 heavy (non-hydrogen) atoms. The molecule has 0 bridgehead atoms. The molecular formula is C5H7N7O2. The lowest BCUT2D eigenvalue weighted by atomic mass is 10.5. The van der Waals surface area contributed by atoms with E-state index in [1.165, 1.54) is 6.20 Å². The highest BCUT2D eigenvalue weighted by atomic mass is 16.4. The number of hydrogen-bond donors (Lipinski definition) is 4. The number of carbonyl (C=O) groups is 1. The molecular weight excluding hydrogens is 190 g/mol. The molecule has 0 spiro atoms. The maximum Gasteiger partial charge on any atom is 0.358 e. The number of aromatic carboxylic acids is 1. The highest BCUT2D eigenvalue weighted by Gasteiger charge is 2.02. The summed E-state index contributed by atoms with van der Waals surface area (Å²) >= 11 is 0. The van der Waals surface area contributed by atoms with Crippen molar-refractivity contribution in [2.24, 2.45) is 0 Å². The van der Waals surface area contributed by atoms with Gasteiger partial charge in [-0.1, -0.05) is 0 Å². The van der Waals surface area contributed by atoms with Crippen LogP contribution in [0.4, 0.5) is 5.82 Å². The Morgan fingerprint density at radius 3 is 2.14 bits per heavy atom. The summed E-state index contributed by atoms with van der Waals surface area (Å²) in [6, 6.07) is 0. The Morgan fingerprint density at radius 1 is 1.29 bits per heavy atom. The number of hydrogen-bond acceptors (Lipinski definition) is 6. The highest BCUT2D eigenvalue weighted by Crippen LogP contribution is 1.84. The Hall–Kier alpha value is -2.45. The zero-order chi connectivity index (χ0) is 10.4. The zero-order valence-electron chi connectivity index (χ0n) is 6.88. The number of nitrogens with two attached hydrogens (primary N) is 1. The summed E-state index contributed by atoms with van der Waals surface area (Å²) in [4.78, 5) is 9.94. The molecule has 0 amide bonds. The number of nitrogen functional groups attached to an aromatic ring is 1. The second-order valence-corrected chi connectivity index (χ2v) is 2.06. The number of nitrogens with one attached hydrogen (secondary N) is 2. The van der Waals surface area contributed by atoms with Crippen molar-refractivity contribution in [2.45, 2.75) is 0 Å². The van der Waals surface area contributed by atoms with Crippen LogP contribution in [0.25, 0.3) is 0 Å². The third-order valence-corrected chi connectivity index (χ3v) is 1.07. The summed E-state index contributed by atoms with van der Waals surface area (Å²) in [6.45, 7) is 0. The van der Waals surface area contributed by atoms with E-state index in [9.17, 15) is 4.79 Å². The van der Waals surface area contributed by atoms with Crippen molar-refractivity contribution in [1.29, 1.82) is 0 Å². The van der Waals surface area contributed by atoms with Crippen molar-refractivity contribution in [3.05, 3.63) is 18.1 Å². The first-order valence-corrected chi connectivity index (χ1v) is 3.40. The van der Waals surface area contributed by atoms with E-state index in [4.69, 9.17) is 10.8 Å². The van der Waals surface area contributed by atoms with E-state index < -0.39 is 5.97 Å². The molecule has 2 rings (SSSR count). The SMILES string of the molecule is Nc1cn[nH]n1.O=C(O)c1cn[nH]n1. The van der Waals surface area contributed by atoms with Gasteiger partial charge < -0.3 is 10.8 Å². The predicted molar refractivity (Wildman–Crippen MR) is 44.1 cm³/mol. The van der Waals surface area contributed by atoms with Gasteiger partial charge in [-0.05, 0) is 0 Å². The molecule has 9 nitrogen and oxygen atoms in total. The molecule has 0 saturated carbocycles. The Balaban J connectivity index is 0.000000146. The van der Waals surface area contributed by atoms with Crippen LogP contribution in [-0.4, -0.2) is 41.9 Å². The van der Waals surface area contributed by atoms with Gasteiger partial charge in [0.25, 0.3) is 0 Å². The van der Waals surface area contributed by atoms with Gasteiger partial charge in [-0.25, -0.2) is 4.79 Å². The first kappa shape index (κ1) is 9.64. The Kier molecular flexibility index (Phi) is 3.13. The van der Waals surface area contributed by atoms with E-state index in [0.29, 0.717) is 5.82 Å². The fraction of sp³-hybridized carbons (Fsp3) is 0. The van der Waals surface area contributed by atoms with Crippen LogP contribution < -0.4 is 5.73 Å². The van der Waals surface area contributed by atoms with Gasteiger partial charge in [-0.2, -0.15) is 20.6 Å². The predicted octanol–water partition coefficient (Wildman–Crippen LogP) is -1.11. The fourth-order valence-corrected chi connectivity index (χ4v) is 0.515. The molecule has 0 radical (unpaired) electrons. The van der Waals surface area contributed by atoms with E-state index in [1.54, 1.807) is 0 Å². The van der Waals surface area contributed by atoms with Crippen LogP contribution in [0.15, 0.2) is 12.4 Å². The lowest BCUT2D eigenvalue weighted by molar-refractivity contribution is 0.0690. The van der Waals surface area contributed by atoms with Crippen LogP contribution in [0.5, 0.6) is 0 Å². The van der Waals surface area contributed by atoms with Crippen molar-refractivity contribution in [2.75, 3.05) is 5.73 Å². The lowest BCUT2D eigenvalue weighted by Crippen LogP contribution is -1.95. The van der Waals surface area contributed by atoms with Crippen LogP contribution in [-0.2, 0) is 0 Å². The van der Waals surface area contributed by atoms with Gasteiger partial charge in [0.1, 0.15) is 0 Å². The molecule has 0 aliphatic rings. The first-order chi connectivity index (χ1) is 6.70. The lowest BCUT2D eigenvalue weighted by Gasteiger charge is -1.75. The smallest absolute Gasteiger partial charge is 0.358 e.